The maximum Gasteiger partial charge on any atom is 0.306 e. The van der Waals surface area contributed by atoms with Crippen LogP contribution in [0.5, 0.6) is 0 Å². The Bertz CT molecular complexity index is 1730. The standard InChI is InChI=1S/C73H118O6/c1-4-7-10-13-16-19-22-25-28-31-33-34-35-36-37-38-40-42-45-48-51-54-57-60-63-66-72(75)78-69-70(68-77-71(74)65-62-59-56-53-50-47-44-41-30-27-24-21-18-15-12-9-6-3)79-73(76)67-64-61-58-55-52-49-46-43-39-32-29-26-23-20-17-14-11-8-5-2/h7-8,10-11,16-17,19-20,25-26,28-29,33-34,36-37,39-40,42-43,48-49,51-52,70H,4-6,9,12-15,18,21-24,27,30-32,35,38,41,44-47,50,53-69H2,1-3H3/b10-7-,11-8-,19-16-,20-17-,28-25-,29-26-,34-33-,37-36-,42-40-,43-39-,51-48-,52-49-. The second kappa shape index (κ2) is 65.8. The zero-order chi connectivity index (χ0) is 57.1. The van der Waals surface area contributed by atoms with E-state index in [0.29, 0.717) is 19.3 Å². The molecule has 0 aromatic rings. The predicted octanol–water partition coefficient (Wildman–Crippen LogP) is 22.3. The number of unbranched alkanes of at least 4 members (excludes halogenated alkanes) is 22. The van der Waals surface area contributed by atoms with Crippen LogP contribution in [-0.4, -0.2) is 37.2 Å². The minimum atomic E-state index is -0.816. The van der Waals surface area contributed by atoms with Gasteiger partial charge in [-0.1, -0.05) is 282 Å². The van der Waals surface area contributed by atoms with Crippen molar-refractivity contribution in [1.82, 2.24) is 0 Å². The minimum absolute atomic E-state index is 0.105. The van der Waals surface area contributed by atoms with Crippen LogP contribution in [0, 0.1) is 0 Å². The summed E-state index contributed by atoms with van der Waals surface area (Å²) < 4.78 is 16.9. The molecule has 0 heterocycles. The van der Waals surface area contributed by atoms with Crippen molar-refractivity contribution in [3.05, 3.63) is 146 Å². The molecule has 0 amide bonds. The average Bonchev–Trinajstić information content (AvgIpc) is 3.45. The molecule has 0 aliphatic heterocycles. The molecular formula is C73H118O6. The van der Waals surface area contributed by atoms with E-state index in [1.807, 2.05) is 0 Å². The van der Waals surface area contributed by atoms with Crippen LogP contribution in [0.4, 0.5) is 0 Å². The molecule has 6 nitrogen and oxygen atoms in total. The lowest BCUT2D eigenvalue weighted by Gasteiger charge is -2.18. The Kier molecular flexibility index (Phi) is 61.9. The van der Waals surface area contributed by atoms with E-state index < -0.39 is 6.10 Å². The van der Waals surface area contributed by atoms with E-state index in [2.05, 4.69) is 167 Å². The van der Waals surface area contributed by atoms with Gasteiger partial charge in [-0.15, -0.1) is 0 Å². The molecule has 0 spiro atoms. The first-order valence-corrected chi connectivity index (χ1v) is 32.3. The molecule has 0 aliphatic carbocycles. The van der Waals surface area contributed by atoms with Crippen molar-refractivity contribution in [3.8, 4) is 0 Å². The first-order chi connectivity index (χ1) is 39.0. The molecule has 0 aliphatic rings. The highest BCUT2D eigenvalue weighted by molar-refractivity contribution is 5.71. The Balaban J connectivity index is 4.52. The minimum Gasteiger partial charge on any atom is -0.462 e. The Morgan fingerprint density at radius 1 is 0.266 bits per heavy atom. The third-order valence-electron chi connectivity index (χ3n) is 13.3. The van der Waals surface area contributed by atoms with Crippen LogP contribution in [0.2, 0.25) is 0 Å². The van der Waals surface area contributed by atoms with E-state index in [9.17, 15) is 14.4 Å². The second-order valence-electron chi connectivity index (χ2n) is 20.9. The van der Waals surface area contributed by atoms with Gasteiger partial charge in [0, 0.05) is 19.3 Å². The van der Waals surface area contributed by atoms with Crippen LogP contribution in [0.25, 0.3) is 0 Å². The second-order valence-corrected chi connectivity index (χ2v) is 20.9. The van der Waals surface area contributed by atoms with Crippen molar-refractivity contribution in [2.24, 2.45) is 0 Å². The van der Waals surface area contributed by atoms with Crippen molar-refractivity contribution in [3.63, 3.8) is 0 Å². The largest absolute Gasteiger partial charge is 0.462 e. The third kappa shape index (κ3) is 64.0. The molecule has 0 N–H and O–H groups in total. The fraction of sp³-hybridized carbons (Fsp3) is 0.630. The van der Waals surface area contributed by atoms with Gasteiger partial charge in [-0.2, -0.15) is 0 Å². The number of hydrogen-bond acceptors (Lipinski definition) is 6. The van der Waals surface area contributed by atoms with Gasteiger partial charge in [-0.05, 0) is 122 Å². The fourth-order valence-electron chi connectivity index (χ4n) is 8.57. The number of carbonyl (C=O) groups is 3. The van der Waals surface area contributed by atoms with Gasteiger partial charge in [0.05, 0.1) is 0 Å². The van der Waals surface area contributed by atoms with Crippen LogP contribution in [0.15, 0.2) is 146 Å². The molecular weight excluding hydrogens is 973 g/mol. The Morgan fingerprint density at radius 2 is 0.494 bits per heavy atom. The maximum atomic E-state index is 12.9. The molecule has 0 rings (SSSR count). The Morgan fingerprint density at radius 3 is 0.772 bits per heavy atom. The molecule has 79 heavy (non-hydrogen) atoms. The number of rotatable bonds is 57. The van der Waals surface area contributed by atoms with Crippen LogP contribution >= 0.6 is 0 Å². The summed E-state index contributed by atoms with van der Waals surface area (Å²) in [7, 11) is 0. The quantitative estimate of drug-likeness (QED) is 0.0261. The van der Waals surface area contributed by atoms with Crippen molar-refractivity contribution in [2.45, 2.75) is 284 Å². The number of esters is 3. The third-order valence-corrected chi connectivity index (χ3v) is 13.3. The molecule has 1 unspecified atom stereocenters. The van der Waals surface area contributed by atoms with Gasteiger partial charge in [-0.3, -0.25) is 14.4 Å². The molecule has 0 radical (unpaired) electrons. The number of ether oxygens (including phenoxy) is 3. The van der Waals surface area contributed by atoms with Crippen LogP contribution in [0.3, 0.4) is 0 Å². The lowest BCUT2D eigenvalue weighted by molar-refractivity contribution is -0.167. The SMILES string of the molecule is CC/C=C\C/C=C\C/C=C\C/C=C\C/C=C\C/C=C\C/C=C\CCCCCC(=O)OCC(COC(=O)CCCCCCCCCCCCCCCCCCC)OC(=O)CCCCC/C=C\C/C=C\C/C=C\C/C=C\C/C=C\CC. The van der Waals surface area contributed by atoms with Crippen molar-refractivity contribution < 1.29 is 28.6 Å². The van der Waals surface area contributed by atoms with E-state index in [4.69, 9.17) is 14.2 Å². The predicted molar refractivity (Wildman–Crippen MR) is 343 cm³/mol. The molecule has 0 fully saturated rings. The van der Waals surface area contributed by atoms with Crippen LogP contribution < -0.4 is 0 Å². The summed E-state index contributed by atoms with van der Waals surface area (Å²) in [6, 6.07) is 0. The van der Waals surface area contributed by atoms with Gasteiger partial charge in [-0.25, -0.2) is 0 Å². The topological polar surface area (TPSA) is 78.9 Å². The van der Waals surface area contributed by atoms with E-state index >= 15 is 0 Å². The maximum absolute atomic E-state index is 12.9. The van der Waals surface area contributed by atoms with E-state index in [0.717, 1.165) is 141 Å². The monoisotopic (exact) mass is 1090 g/mol. The molecule has 446 valence electrons. The molecule has 0 aromatic carbocycles. The summed E-state index contributed by atoms with van der Waals surface area (Å²) in [6.45, 7) is 6.37. The number of allylic oxidation sites excluding steroid dienone is 24. The molecule has 0 aromatic heterocycles. The summed E-state index contributed by atoms with van der Waals surface area (Å²) in [4.78, 5) is 38.4. The van der Waals surface area contributed by atoms with Crippen LogP contribution in [0.1, 0.15) is 278 Å². The summed E-state index contributed by atoms with van der Waals surface area (Å²) >= 11 is 0. The van der Waals surface area contributed by atoms with E-state index in [1.54, 1.807) is 0 Å². The highest BCUT2D eigenvalue weighted by Crippen LogP contribution is 2.16. The van der Waals surface area contributed by atoms with Gasteiger partial charge in [0.2, 0.25) is 0 Å². The van der Waals surface area contributed by atoms with Gasteiger partial charge in [0.25, 0.3) is 0 Å². The Labute approximate surface area is 487 Å². The highest BCUT2D eigenvalue weighted by atomic mass is 16.6. The van der Waals surface area contributed by atoms with Crippen molar-refractivity contribution >= 4 is 17.9 Å². The lowest BCUT2D eigenvalue weighted by atomic mass is 10.0. The summed E-state index contributed by atoms with van der Waals surface area (Å²) in [5.74, 6) is -0.970. The fourth-order valence-corrected chi connectivity index (χ4v) is 8.57. The van der Waals surface area contributed by atoms with Gasteiger partial charge in [0.1, 0.15) is 13.2 Å². The smallest absolute Gasteiger partial charge is 0.306 e. The average molecular weight is 1090 g/mol. The van der Waals surface area contributed by atoms with E-state index in [1.165, 1.54) is 89.9 Å². The first-order valence-electron chi connectivity index (χ1n) is 32.3. The Hall–Kier alpha value is -4.71. The van der Waals surface area contributed by atoms with E-state index in [-0.39, 0.29) is 37.5 Å². The van der Waals surface area contributed by atoms with Crippen molar-refractivity contribution in [2.75, 3.05) is 13.2 Å². The zero-order valence-electron chi connectivity index (χ0n) is 51.1. The van der Waals surface area contributed by atoms with Crippen LogP contribution in [-0.2, 0) is 28.6 Å². The van der Waals surface area contributed by atoms with Crippen molar-refractivity contribution in [1.29, 1.82) is 0 Å². The summed E-state index contributed by atoms with van der Waals surface area (Å²) in [5, 5.41) is 0. The normalized spacial score (nSPS) is 13.1. The molecule has 0 bridgehead atoms. The van der Waals surface area contributed by atoms with Gasteiger partial charge < -0.3 is 14.2 Å². The summed E-state index contributed by atoms with van der Waals surface area (Å²) in [5.41, 5.74) is 0. The summed E-state index contributed by atoms with van der Waals surface area (Å²) in [6.07, 6.45) is 94.2. The molecule has 1 atom stereocenters. The molecule has 0 saturated carbocycles. The lowest BCUT2D eigenvalue weighted by Crippen LogP contribution is -2.30. The van der Waals surface area contributed by atoms with Gasteiger partial charge in [0.15, 0.2) is 6.10 Å². The number of carbonyl (C=O) groups excluding carboxylic acids is 3. The molecule has 6 heteroatoms. The molecule has 0 saturated heterocycles. The highest BCUT2D eigenvalue weighted by Gasteiger charge is 2.19. The zero-order valence-corrected chi connectivity index (χ0v) is 51.1. The first kappa shape index (κ1) is 74.3. The number of hydrogen-bond donors (Lipinski definition) is 0. The van der Waals surface area contributed by atoms with Gasteiger partial charge >= 0.3 is 17.9 Å².